The molecular weight excluding hydrogens is 253 g/mol. The Morgan fingerprint density at radius 3 is 2.74 bits per heavy atom. The summed E-state index contributed by atoms with van der Waals surface area (Å²) in [4.78, 5) is 21.6. The molecular formula is C12H14FN3O3. The number of nitro groups is 1. The van der Waals surface area contributed by atoms with Crippen molar-refractivity contribution in [2.45, 2.75) is 18.9 Å². The maximum Gasteiger partial charge on any atom is 0.272 e. The standard InChI is InChI=1S/C12H14FN3O3/c13-10-5-8(16(18)19)3-4-9(10)12(17)15-11(6-14)7-1-2-7/h3-5,7,11H,1-2,6,14H2,(H,15,17). The molecule has 1 aromatic rings. The minimum absolute atomic E-state index is 0.165. The molecule has 0 spiro atoms. The van der Waals surface area contributed by atoms with Crippen molar-refractivity contribution in [3.8, 4) is 0 Å². The van der Waals surface area contributed by atoms with Gasteiger partial charge in [-0.15, -0.1) is 0 Å². The van der Waals surface area contributed by atoms with Crippen LogP contribution in [0.25, 0.3) is 0 Å². The number of non-ortho nitro benzene ring substituents is 1. The van der Waals surface area contributed by atoms with Crippen LogP contribution in [0.5, 0.6) is 0 Å². The van der Waals surface area contributed by atoms with Gasteiger partial charge in [-0.1, -0.05) is 0 Å². The van der Waals surface area contributed by atoms with Gasteiger partial charge in [0.25, 0.3) is 11.6 Å². The average molecular weight is 267 g/mol. The van der Waals surface area contributed by atoms with Crippen LogP contribution in [0.1, 0.15) is 23.2 Å². The molecule has 6 nitrogen and oxygen atoms in total. The highest BCUT2D eigenvalue weighted by molar-refractivity contribution is 5.95. The lowest BCUT2D eigenvalue weighted by molar-refractivity contribution is -0.385. The van der Waals surface area contributed by atoms with Crippen LogP contribution < -0.4 is 11.1 Å². The fourth-order valence-electron chi connectivity index (χ4n) is 1.92. The molecule has 2 rings (SSSR count). The first-order valence-electron chi connectivity index (χ1n) is 5.97. The van der Waals surface area contributed by atoms with Gasteiger partial charge in [0.1, 0.15) is 5.82 Å². The van der Waals surface area contributed by atoms with Crippen LogP contribution in [0.15, 0.2) is 18.2 Å². The number of nitrogens with zero attached hydrogens (tertiary/aromatic N) is 1. The highest BCUT2D eigenvalue weighted by atomic mass is 19.1. The lowest BCUT2D eigenvalue weighted by Gasteiger charge is -2.16. The summed E-state index contributed by atoms with van der Waals surface area (Å²) in [5.74, 6) is -1.14. The van der Waals surface area contributed by atoms with Crippen molar-refractivity contribution in [1.29, 1.82) is 0 Å². The Morgan fingerprint density at radius 1 is 1.58 bits per heavy atom. The van der Waals surface area contributed by atoms with Crippen molar-refractivity contribution >= 4 is 11.6 Å². The monoisotopic (exact) mass is 267 g/mol. The third-order valence-corrected chi connectivity index (χ3v) is 3.17. The Labute approximate surface area is 108 Å². The Kier molecular flexibility index (Phi) is 3.75. The second-order valence-corrected chi connectivity index (χ2v) is 4.57. The van der Waals surface area contributed by atoms with Crippen LogP contribution in [0.2, 0.25) is 0 Å². The zero-order valence-electron chi connectivity index (χ0n) is 10.1. The predicted molar refractivity (Wildman–Crippen MR) is 66.1 cm³/mol. The van der Waals surface area contributed by atoms with Gasteiger partial charge in [0.05, 0.1) is 16.6 Å². The third kappa shape index (κ3) is 3.05. The zero-order chi connectivity index (χ0) is 14.0. The number of amides is 1. The van der Waals surface area contributed by atoms with Crippen molar-refractivity contribution in [3.05, 3.63) is 39.7 Å². The largest absolute Gasteiger partial charge is 0.348 e. The predicted octanol–water partition coefficient (Wildman–Crippen LogP) is 1.20. The van der Waals surface area contributed by atoms with Crippen molar-refractivity contribution < 1.29 is 14.1 Å². The molecule has 7 heteroatoms. The molecule has 1 aromatic carbocycles. The second kappa shape index (κ2) is 5.31. The fourth-order valence-corrected chi connectivity index (χ4v) is 1.92. The molecule has 102 valence electrons. The van der Waals surface area contributed by atoms with Gasteiger partial charge in [-0.3, -0.25) is 14.9 Å². The van der Waals surface area contributed by atoms with E-state index in [0.29, 0.717) is 12.5 Å². The zero-order valence-corrected chi connectivity index (χ0v) is 10.1. The van der Waals surface area contributed by atoms with E-state index < -0.39 is 16.6 Å². The Morgan fingerprint density at radius 2 is 2.26 bits per heavy atom. The minimum atomic E-state index is -0.904. The number of nitro benzene ring substituents is 1. The summed E-state index contributed by atoms with van der Waals surface area (Å²) in [7, 11) is 0. The van der Waals surface area contributed by atoms with Gasteiger partial charge in [-0.05, 0) is 24.8 Å². The summed E-state index contributed by atoms with van der Waals surface area (Å²) in [6, 6.07) is 2.79. The molecule has 0 radical (unpaired) electrons. The molecule has 1 aliphatic carbocycles. The molecule has 1 fully saturated rings. The van der Waals surface area contributed by atoms with E-state index in [2.05, 4.69) is 5.32 Å². The van der Waals surface area contributed by atoms with Crippen molar-refractivity contribution in [1.82, 2.24) is 5.32 Å². The first kappa shape index (κ1) is 13.4. The van der Waals surface area contributed by atoms with Crippen LogP contribution in [0.4, 0.5) is 10.1 Å². The van der Waals surface area contributed by atoms with E-state index in [1.54, 1.807) is 0 Å². The lowest BCUT2D eigenvalue weighted by Crippen LogP contribution is -2.42. The summed E-state index contributed by atoms with van der Waals surface area (Å²) in [5, 5.41) is 13.1. The molecule has 0 saturated heterocycles. The Balaban J connectivity index is 2.12. The summed E-state index contributed by atoms with van der Waals surface area (Å²) in [6.07, 6.45) is 2.01. The van der Waals surface area contributed by atoms with Crippen LogP contribution in [0.3, 0.4) is 0 Å². The van der Waals surface area contributed by atoms with E-state index in [1.807, 2.05) is 0 Å². The first-order chi connectivity index (χ1) is 9.02. The molecule has 1 amide bonds. The second-order valence-electron chi connectivity index (χ2n) is 4.57. The van der Waals surface area contributed by atoms with Gasteiger partial charge in [-0.2, -0.15) is 0 Å². The van der Waals surface area contributed by atoms with E-state index in [1.165, 1.54) is 0 Å². The summed E-state index contributed by atoms with van der Waals surface area (Å²) >= 11 is 0. The lowest BCUT2D eigenvalue weighted by atomic mass is 10.1. The average Bonchev–Trinajstić information content (AvgIpc) is 3.19. The molecule has 1 unspecified atom stereocenters. The summed E-state index contributed by atoms with van der Waals surface area (Å²) in [5.41, 5.74) is 4.96. The number of hydrogen-bond donors (Lipinski definition) is 2. The molecule has 0 aromatic heterocycles. The number of carbonyl (C=O) groups is 1. The Bertz CT molecular complexity index is 517. The van der Waals surface area contributed by atoms with E-state index in [9.17, 15) is 19.3 Å². The normalized spacial score (nSPS) is 15.9. The Hall–Kier alpha value is -2.02. The summed E-state index contributed by atoms with van der Waals surface area (Å²) < 4.78 is 13.6. The van der Waals surface area contributed by atoms with Gasteiger partial charge in [0, 0.05) is 18.7 Å². The number of carbonyl (C=O) groups excluding carboxylic acids is 1. The number of halogens is 1. The summed E-state index contributed by atoms with van der Waals surface area (Å²) in [6.45, 7) is 0.297. The number of rotatable bonds is 5. The van der Waals surface area contributed by atoms with Gasteiger partial charge in [0.2, 0.25) is 0 Å². The maximum absolute atomic E-state index is 13.6. The quantitative estimate of drug-likeness (QED) is 0.618. The van der Waals surface area contributed by atoms with Crippen molar-refractivity contribution in [2.24, 2.45) is 11.7 Å². The first-order valence-corrected chi connectivity index (χ1v) is 5.97. The fraction of sp³-hybridized carbons (Fsp3) is 0.417. The molecule has 1 saturated carbocycles. The molecule has 0 heterocycles. The molecule has 1 atom stereocenters. The van der Waals surface area contributed by atoms with E-state index in [-0.39, 0.29) is 17.3 Å². The smallest absolute Gasteiger partial charge is 0.272 e. The molecule has 0 aliphatic heterocycles. The van der Waals surface area contributed by atoms with Crippen LogP contribution in [-0.2, 0) is 0 Å². The topological polar surface area (TPSA) is 98.3 Å². The molecule has 1 aliphatic rings. The molecule has 19 heavy (non-hydrogen) atoms. The number of nitrogens with two attached hydrogens (primary N) is 1. The van der Waals surface area contributed by atoms with E-state index in [4.69, 9.17) is 5.73 Å². The molecule has 3 N–H and O–H groups in total. The highest BCUT2D eigenvalue weighted by Gasteiger charge is 2.31. The highest BCUT2D eigenvalue weighted by Crippen LogP contribution is 2.32. The third-order valence-electron chi connectivity index (χ3n) is 3.17. The van der Waals surface area contributed by atoms with E-state index in [0.717, 1.165) is 31.0 Å². The van der Waals surface area contributed by atoms with Crippen molar-refractivity contribution in [3.63, 3.8) is 0 Å². The van der Waals surface area contributed by atoms with Gasteiger partial charge >= 0.3 is 0 Å². The molecule has 0 bridgehead atoms. The van der Waals surface area contributed by atoms with Gasteiger partial charge < -0.3 is 11.1 Å². The minimum Gasteiger partial charge on any atom is -0.348 e. The van der Waals surface area contributed by atoms with Crippen LogP contribution in [-0.4, -0.2) is 23.4 Å². The van der Waals surface area contributed by atoms with Crippen molar-refractivity contribution in [2.75, 3.05) is 6.54 Å². The number of hydrogen-bond acceptors (Lipinski definition) is 4. The number of nitrogens with one attached hydrogen (secondary N) is 1. The van der Waals surface area contributed by atoms with Crippen LogP contribution in [0, 0.1) is 21.8 Å². The number of benzene rings is 1. The maximum atomic E-state index is 13.6. The van der Waals surface area contributed by atoms with Gasteiger partial charge in [0.15, 0.2) is 0 Å². The van der Waals surface area contributed by atoms with Gasteiger partial charge in [-0.25, -0.2) is 4.39 Å². The van der Waals surface area contributed by atoms with E-state index >= 15 is 0 Å². The van der Waals surface area contributed by atoms with Crippen LogP contribution >= 0.6 is 0 Å². The SMILES string of the molecule is NCC(NC(=O)c1ccc([N+](=O)[O-])cc1F)C1CC1.